The van der Waals surface area contributed by atoms with Gasteiger partial charge in [-0.15, -0.1) is 10.2 Å². The van der Waals surface area contributed by atoms with E-state index in [0.717, 1.165) is 0 Å². The van der Waals surface area contributed by atoms with E-state index in [1.54, 1.807) is 50.6 Å². The molecule has 0 aliphatic heterocycles. The summed E-state index contributed by atoms with van der Waals surface area (Å²) in [7, 11) is 3.10. The van der Waals surface area contributed by atoms with Crippen molar-refractivity contribution in [2.45, 2.75) is 0 Å². The van der Waals surface area contributed by atoms with Crippen LogP contribution in [-0.4, -0.2) is 14.2 Å². The highest BCUT2D eigenvalue weighted by Crippen LogP contribution is 2.40. The van der Waals surface area contributed by atoms with Crippen molar-refractivity contribution >= 4 is 34.6 Å². The minimum absolute atomic E-state index is 0.406. The van der Waals surface area contributed by atoms with Gasteiger partial charge in [-0.25, -0.2) is 0 Å². The van der Waals surface area contributed by atoms with Crippen molar-refractivity contribution < 1.29 is 9.47 Å². The fourth-order valence-corrected chi connectivity index (χ4v) is 2.09. The number of hydrogen-bond acceptors (Lipinski definition) is 4. The van der Waals surface area contributed by atoms with E-state index >= 15 is 0 Å². The van der Waals surface area contributed by atoms with Crippen LogP contribution in [0, 0.1) is 0 Å². The number of benzene rings is 2. The smallest absolute Gasteiger partial charge is 0.169 e. The molecule has 0 amide bonds. The van der Waals surface area contributed by atoms with E-state index in [2.05, 4.69) is 10.2 Å². The Hall–Kier alpha value is -1.78. The molecular weight excluding hydrogens is 299 g/mol. The molecule has 0 heterocycles. The molecule has 0 saturated heterocycles. The van der Waals surface area contributed by atoms with Gasteiger partial charge in [0.15, 0.2) is 5.69 Å². The van der Waals surface area contributed by atoms with Crippen LogP contribution in [0.5, 0.6) is 11.5 Å². The zero-order chi connectivity index (χ0) is 14.5. The maximum Gasteiger partial charge on any atom is 0.169 e. The minimum atomic E-state index is 0.406. The van der Waals surface area contributed by atoms with Crippen LogP contribution in [0.15, 0.2) is 46.6 Å². The van der Waals surface area contributed by atoms with Crippen molar-refractivity contribution in [1.29, 1.82) is 0 Å². The largest absolute Gasteiger partial charge is 0.494 e. The number of rotatable bonds is 4. The molecule has 0 unspecified atom stereocenters. The summed E-state index contributed by atoms with van der Waals surface area (Å²) in [5.41, 5.74) is 0.886. The first kappa shape index (κ1) is 14.6. The molecule has 4 nitrogen and oxygen atoms in total. The number of halogens is 2. The van der Waals surface area contributed by atoms with Gasteiger partial charge in [-0.3, -0.25) is 0 Å². The standard InChI is InChI=1S/C14H12Cl2N2O2/c1-19-11-7-4-8-12(20-2)14(11)18-17-13-9(15)5-3-6-10(13)16/h3-8H,1-2H3. The Morgan fingerprint density at radius 3 is 1.70 bits per heavy atom. The number of methoxy groups -OCH3 is 2. The molecule has 0 atom stereocenters. The Morgan fingerprint density at radius 2 is 1.20 bits per heavy atom. The molecule has 0 spiro atoms. The quantitative estimate of drug-likeness (QED) is 0.707. The van der Waals surface area contributed by atoms with Crippen molar-refractivity contribution in [2.75, 3.05) is 14.2 Å². The first-order valence-electron chi connectivity index (χ1n) is 5.74. The maximum absolute atomic E-state index is 6.04. The second kappa shape index (κ2) is 6.59. The summed E-state index contributed by atoms with van der Waals surface area (Å²) in [6.45, 7) is 0. The molecule has 104 valence electrons. The average Bonchev–Trinajstić information content (AvgIpc) is 2.46. The predicted molar refractivity (Wildman–Crippen MR) is 80.2 cm³/mol. The molecule has 0 fully saturated rings. The van der Waals surface area contributed by atoms with Crippen LogP contribution < -0.4 is 9.47 Å². The van der Waals surface area contributed by atoms with E-state index in [-0.39, 0.29) is 0 Å². The first-order chi connectivity index (χ1) is 9.67. The second-order valence-electron chi connectivity index (χ2n) is 3.78. The molecule has 0 aromatic heterocycles. The summed E-state index contributed by atoms with van der Waals surface area (Å²) in [5.74, 6) is 1.10. The lowest BCUT2D eigenvalue weighted by atomic mass is 10.3. The number of azo groups is 1. The third-order valence-corrected chi connectivity index (χ3v) is 3.20. The molecular formula is C14H12Cl2N2O2. The Balaban J connectivity index is 2.46. The summed E-state index contributed by atoms with van der Waals surface area (Å²) >= 11 is 12.1. The molecule has 2 aromatic rings. The van der Waals surface area contributed by atoms with Crippen LogP contribution in [0.1, 0.15) is 0 Å². The lowest BCUT2D eigenvalue weighted by molar-refractivity contribution is 0.396. The Kier molecular flexibility index (Phi) is 4.82. The Morgan fingerprint density at radius 1 is 0.750 bits per heavy atom. The monoisotopic (exact) mass is 310 g/mol. The van der Waals surface area contributed by atoms with Gasteiger partial charge in [0, 0.05) is 0 Å². The van der Waals surface area contributed by atoms with E-state index in [1.807, 2.05) is 0 Å². The summed E-state index contributed by atoms with van der Waals surface area (Å²) in [4.78, 5) is 0. The van der Waals surface area contributed by atoms with E-state index in [9.17, 15) is 0 Å². The fraction of sp³-hybridized carbons (Fsp3) is 0.143. The highest BCUT2D eigenvalue weighted by Gasteiger charge is 2.10. The SMILES string of the molecule is COc1cccc(OC)c1N=Nc1c(Cl)cccc1Cl. The zero-order valence-corrected chi connectivity index (χ0v) is 12.4. The molecule has 0 N–H and O–H groups in total. The van der Waals surface area contributed by atoms with Crippen molar-refractivity contribution in [3.05, 3.63) is 46.4 Å². The van der Waals surface area contributed by atoms with Crippen molar-refractivity contribution in [2.24, 2.45) is 10.2 Å². The fourth-order valence-electron chi connectivity index (χ4n) is 1.61. The summed E-state index contributed by atoms with van der Waals surface area (Å²) in [6.07, 6.45) is 0. The summed E-state index contributed by atoms with van der Waals surface area (Å²) in [5, 5.41) is 9.09. The van der Waals surface area contributed by atoms with Crippen LogP contribution >= 0.6 is 23.2 Å². The average molecular weight is 311 g/mol. The van der Waals surface area contributed by atoms with Crippen molar-refractivity contribution in [3.8, 4) is 11.5 Å². The van der Waals surface area contributed by atoms with Gasteiger partial charge >= 0.3 is 0 Å². The topological polar surface area (TPSA) is 43.2 Å². The first-order valence-corrected chi connectivity index (χ1v) is 6.49. The van der Waals surface area contributed by atoms with Gasteiger partial charge in [0.25, 0.3) is 0 Å². The number of hydrogen-bond donors (Lipinski definition) is 0. The highest BCUT2D eigenvalue weighted by molar-refractivity contribution is 6.38. The Labute approximate surface area is 126 Å². The molecule has 0 radical (unpaired) electrons. The van der Waals surface area contributed by atoms with E-state index < -0.39 is 0 Å². The van der Waals surface area contributed by atoms with Crippen LogP contribution in [0.2, 0.25) is 10.0 Å². The van der Waals surface area contributed by atoms with Gasteiger partial charge < -0.3 is 9.47 Å². The third kappa shape index (κ3) is 3.03. The molecule has 0 bridgehead atoms. The molecule has 6 heteroatoms. The Bertz CT molecular complexity index is 603. The van der Waals surface area contributed by atoms with Gasteiger partial charge in [0.1, 0.15) is 17.2 Å². The highest BCUT2D eigenvalue weighted by atomic mass is 35.5. The maximum atomic E-state index is 6.04. The molecule has 2 aromatic carbocycles. The van der Waals surface area contributed by atoms with Gasteiger partial charge in [0.05, 0.1) is 24.3 Å². The number of ether oxygens (including phenoxy) is 2. The molecule has 20 heavy (non-hydrogen) atoms. The minimum Gasteiger partial charge on any atom is -0.494 e. The summed E-state index contributed by atoms with van der Waals surface area (Å²) < 4.78 is 10.5. The van der Waals surface area contributed by atoms with E-state index in [1.165, 1.54) is 0 Å². The molecule has 0 saturated carbocycles. The summed E-state index contributed by atoms with van der Waals surface area (Å²) in [6, 6.07) is 10.5. The zero-order valence-electron chi connectivity index (χ0n) is 10.9. The molecule has 0 aliphatic carbocycles. The predicted octanol–water partition coefficient (Wildman–Crippen LogP) is 5.43. The number of nitrogens with zero attached hydrogens (tertiary/aromatic N) is 2. The van der Waals surface area contributed by atoms with Gasteiger partial charge in [-0.1, -0.05) is 35.3 Å². The van der Waals surface area contributed by atoms with E-state index in [0.29, 0.717) is 32.9 Å². The van der Waals surface area contributed by atoms with Crippen LogP contribution in [0.25, 0.3) is 0 Å². The van der Waals surface area contributed by atoms with Crippen LogP contribution in [0.4, 0.5) is 11.4 Å². The van der Waals surface area contributed by atoms with Crippen molar-refractivity contribution in [1.82, 2.24) is 0 Å². The normalized spacial score (nSPS) is 10.8. The van der Waals surface area contributed by atoms with Gasteiger partial charge in [-0.2, -0.15) is 0 Å². The van der Waals surface area contributed by atoms with Gasteiger partial charge in [-0.05, 0) is 24.3 Å². The van der Waals surface area contributed by atoms with Crippen molar-refractivity contribution in [3.63, 3.8) is 0 Å². The van der Waals surface area contributed by atoms with Crippen LogP contribution in [-0.2, 0) is 0 Å². The van der Waals surface area contributed by atoms with Gasteiger partial charge in [0.2, 0.25) is 0 Å². The molecule has 2 rings (SSSR count). The van der Waals surface area contributed by atoms with Crippen LogP contribution in [0.3, 0.4) is 0 Å². The van der Waals surface area contributed by atoms with E-state index in [4.69, 9.17) is 32.7 Å². The third-order valence-electron chi connectivity index (χ3n) is 2.59. The lowest BCUT2D eigenvalue weighted by Crippen LogP contribution is -1.87. The molecule has 0 aliphatic rings. The lowest BCUT2D eigenvalue weighted by Gasteiger charge is -2.08. The second-order valence-corrected chi connectivity index (χ2v) is 4.60.